The molecule has 0 aliphatic rings. The average Bonchev–Trinajstić information content (AvgIpc) is 2.61. The van der Waals surface area contributed by atoms with E-state index < -0.39 is 0 Å². The molecule has 0 spiro atoms. The molecule has 2 aromatic rings. The first-order valence-corrected chi connectivity index (χ1v) is 5.66. The van der Waals surface area contributed by atoms with Crippen LogP contribution in [0.1, 0.15) is 32.2 Å². The van der Waals surface area contributed by atoms with Gasteiger partial charge in [-0.25, -0.2) is 4.98 Å². The number of fused-ring (bicyclic) bond motifs is 1. The second kappa shape index (κ2) is 3.31. The smallest absolute Gasteiger partial charge is 0.0998 e. The Morgan fingerprint density at radius 1 is 1.43 bits per heavy atom. The van der Waals surface area contributed by atoms with Gasteiger partial charge in [0.1, 0.15) is 0 Å². The first kappa shape index (κ1) is 9.59. The Hall–Kier alpha value is -0.960. The molecule has 0 amide bonds. The van der Waals surface area contributed by atoms with E-state index in [1.165, 1.54) is 9.71 Å². The van der Waals surface area contributed by atoms with Crippen molar-refractivity contribution in [3.8, 4) is 0 Å². The van der Waals surface area contributed by atoms with Gasteiger partial charge in [-0.1, -0.05) is 20.8 Å². The first-order chi connectivity index (χ1) is 6.63. The maximum atomic E-state index is 4.61. The fourth-order valence-electron chi connectivity index (χ4n) is 1.22. The molecule has 74 valence electrons. The van der Waals surface area contributed by atoms with Crippen LogP contribution in [0.5, 0.6) is 0 Å². The Morgan fingerprint density at radius 3 is 2.86 bits per heavy atom. The topological polar surface area (TPSA) is 25.8 Å². The van der Waals surface area contributed by atoms with E-state index in [4.69, 9.17) is 0 Å². The lowest BCUT2D eigenvalue weighted by Gasteiger charge is -2.18. The van der Waals surface area contributed by atoms with Gasteiger partial charge in [-0.2, -0.15) is 0 Å². The third kappa shape index (κ3) is 1.52. The largest absolute Gasteiger partial charge is 0.262 e. The molecule has 0 unspecified atom stereocenters. The molecule has 2 aromatic heterocycles. The van der Waals surface area contributed by atoms with Crippen LogP contribution >= 0.6 is 11.3 Å². The van der Waals surface area contributed by atoms with Gasteiger partial charge in [0.05, 0.1) is 21.4 Å². The van der Waals surface area contributed by atoms with Crippen LogP contribution in [0.4, 0.5) is 0 Å². The van der Waals surface area contributed by atoms with E-state index in [-0.39, 0.29) is 5.41 Å². The van der Waals surface area contributed by atoms with Crippen molar-refractivity contribution in [2.45, 2.75) is 32.6 Å². The lowest BCUT2D eigenvalue weighted by molar-refractivity contribution is 0.504. The normalized spacial score (nSPS) is 12.2. The van der Waals surface area contributed by atoms with Crippen LogP contribution in [0, 0.1) is 0 Å². The third-order valence-electron chi connectivity index (χ3n) is 2.65. The Labute approximate surface area is 88.0 Å². The maximum absolute atomic E-state index is 4.61. The maximum Gasteiger partial charge on any atom is 0.0998 e. The van der Waals surface area contributed by atoms with E-state index in [1.54, 1.807) is 11.3 Å². The molecule has 0 fully saturated rings. The van der Waals surface area contributed by atoms with Gasteiger partial charge in [0.2, 0.25) is 0 Å². The van der Waals surface area contributed by atoms with E-state index in [9.17, 15) is 0 Å². The van der Waals surface area contributed by atoms with Crippen molar-refractivity contribution in [3.05, 3.63) is 23.5 Å². The lowest BCUT2D eigenvalue weighted by Crippen LogP contribution is -2.14. The second-order valence-electron chi connectivity index (χ2n) is 4.10. The van der Waals surface area contributed by atoms with Crippen LogP contribution in [0.25, 0.3) is 10.2 Å². The minimum Gasteiger partial charge on any atom is -0.262 e. The number of nitrogens with zero attached hydrogens (tertiary/aromatic N) is 2. The molecule has 0 bridgehead atoms. The Bertz CT molecular complexity index is 412. The molecule has 0 aliphatic heterocycles. The standard InChI is InChI=1S/C11H14N2S/c1-4-11(2,3)10-13-8-7-12-6-5-9(8)14-10/h5-7H,4H2,1-3H3. The summed E-state index contributed by atoms with van der Waals surface area (Å²) < 4.78 is 1.23. The number of thiazole rings is 1. The predicted octanol–water partition coefficient (Wildman–Crippen LogP) is 3.38. The van der Waals surface area contributed by atoms with Gasteiger partial charge in [0.25, 0.3) is 0 Å². The van der Waals surface area contributed by atoms with Gasteiger partial charge in [0, 0.05) is 11.6 Å². The Morgan fingerprint density at radius 2 is 2.21 bits per heavy atom. The third-order valence-corrected chi connectivity index (χ3v) is 4.06. The molecule has 2 rings (SSSR count). The van der Waals surface area contributed by atoms with Crippen molar-refractivity contribution in [1.29, 1.82) is 0 Å². The highest BCUT2D eigenvalue weighted by Crippen LogP contribution is 2.32. The predicted molar refractivity (Wildman–Crippen MR) is 60.7 cm³/mol. The molecule has 2 nitrogen and oxygen atoms in total. The fourth-order valence-corrected chi connectivity index (χ4v) is 2.33. The van der Waals surface area contributed by atoms with E-state index in [0.29, 0.717) is 0 Å². The van der Waals surface area contributed by atoms with Crippen LogP contribution in [0.2, 0.25) is 0 Å². The summed E-state index contributed by atoms with van der Waals surface area (Å²) in [4.78, 5) is 8.69. The summed E-state index contributed by atoms with van der Waals surface area (Å²) in [7, 11) is 0. The highest BCUT2D eigenvalue weighted by atomic mass is 32.1. The van der Waals surface area contributed by atoms with E-state index in [2.05, 4.69) is 30.7 Å². The highest BCUT2D eigenvalue weighted by Gasteiger charge is 2.22. The summed E-state index contributed by atoms with van der Waals surface area (Å²) in [5, 5.41) is 1.21. The summed E-state index contributed by atoms with van der Waals surface area (Å²) in [5.74, 6) is 0. The van der Waals surface area contributed by atoms with Gasteiger partial charge in [-0.05, 0) is 12.5 Å². The summed E-state index contributed by atoms with van der Waals surface area (Å²) in [5.41, 5.74) is 1.21. The molecule has 2 heterocycles. The van der Waals surface area contributed by atoms with Gasteiger partial charge in [0.15, 0.2) is 0 Å². The SMILES string of the molecule is CCC(C)(C)c1nc2cnccc2s1. The number of hydrogen-bond acceptors (Lipinski definition) is 3. The van der Waals surface area contributed by atoms with Crippen molar-refractivity contribution in [2.24, 2.45) is 0 Å². The number of hydrogen-bond donors (Lipinski definition) is 0. The van der Waals surface area contributed by atoms with E-state index >= 15 is 0 Å². The molecular formula is C11H14N2S. The minimum absolute atomic E-state index is 0.184. The molecule has 0 saturated heterocycles. The second-order valence-corrected chi connectivity index (χ2v) is 5.13. The van der Waals surface area contributed by atoms with Gasteiger partial charge in [-0.15, -0.1) is 11.3 Å². The lowest BCUT2D eigenvalue weighted by atomic mass is 9.91. The van der Waals surface area contributed by atoms with Gasteiger partial charge < -0.3 is 0 Å². The van der Waals surface area contributed by atoms with Crippen molar-refractivity contribution >= 4 is 21.6 Å². The number of pyridine rings is 1. The molecular weight excluding hydrogens is 192 g/mol. The van der Waals surface area contributed by atoms with Crippen LogP contribution < -0.4 is 0 Å². The minimum atomic E-state index is 0.184. The molecule has 0 radical (unpaired) electrons. The molecule has 3 heteroatoms. The van der Waals surface area contributed by atoms with E-state index in [1.807, 2.05) is 18.5 Å². The summed E-state index contributed by atoms with van der Waals surface area (Å²) >= 11 is 1.78. The molecule has 0 atom stereocenters. The molecule has 14 heavy (non-hydrogen) atoms. The quantitative estimate of drug-likeness (QED) is 0.752. The van der Waals surface area contributed by atoms with Gasteiger partial charge in [-0.3, -0.25) is 4.98 Å². The van der Waals surface area contributed by atoms with Crippen LogP contribution in [0.15, 0.2) is 18.5 Å². The Balaban J connectivity index is 2.55. The zero-order valence-corrected chi connectivity index (χ0v) is 9.56. The van der Waals surface area contributed by atoms with Gasteiger partial charge >= 0.3 is 0 Å². The molecule has 0 aliphatic carbocycles. The highest BCUT2D eigenvalue weighted by molar-refractivity contribution is 7.18. The zero-order chi connectivity index (χ0) is 10.2. The van der Waals surface area contributed by atoms with Crippen molar-refractivity contribution in [1.82, 2.24) is 9.97 Å². The fraction of sp³-hybridized carbons (Fsp3) is 0.455. The zero-order valence-electron chi connectivity index (χ0n) is 8.74. The molecule has 0 N–H and O–H groups in total. The van der Waals surface area contributed by atoms with Crippen LogP contribution in [-0.4, -0.2) is 9.97 Å². The monoisotopic (exact) mass is 206 g/mol. The van der Waals surface area contributed by atoms with Crippen molar-refractivity contribution < 1.29 is 0 Å². The first-order valence-electron chi connectivity index (χ1n) is 4.84. The molecule has 0 aromatic carbocycles. The van der Waals surface area contributed by atoms with Crippen molar-refractivity contribution in [3.63, 3.8) is 0 Å². The summed E-state index contributed by atoms with van der Waals surface area (Å²) in [6.07, 6.45) is 4.77. The summed E-state index contributed by atoms with van der Waals surface area (Å²) in [6, 6.07) is 2.03. The molecule has 0 saturated carbocycles. The Kier molecular flexibility index (Phi) is 2.27. The van der Waals surface area contributed by atoms with Crippen LogP contribution in [-0.2, 0) is 5.41 Å². The van der Waals surface area contributed by atoms with E-state index in [0.717, 1.165) is 11.9 Å². The number of aromatic nitrogens is 2. The number of rotatable bonds is 2. The van der Waals surface area contributed by atoms with Crippen molar-refractivity contribution in [2.75, 3.05) is 0 Å². The van der Waals surface area contributed by atoms with Crippen LogP contribution in [0.3, 0.4) is 0 Å². The average molecular weight is 206 g/mol. The summed E-state index contributed by atoms with van der Waals surface area (Å²) in [6.45, 7) is 6.67.